The molecule has 0 aliphatic heterocycles. The summed E-state index contributed by atoms with van der Waals surface area (Å²) in [6.45, 7) is 7.51. The zero-order valence-electron chi connectivity index (χ0n) is 10.1. The Hall–Kier alpha value is -0.0500. The molecule has 0 bridgehead atoms. The Morgan fingerprint density at radius 3 is 2.69 bits per heavy atom. The van der Waals surface area contributed by atoms with Crippen molar-refractivity contribution < 1.29 is 0 Å². The second-order valence-corrected chi connectivity index (χ2v) is 6.01. The van der Waals surface area contributed by atoms with Gasteiger partial charge in [0, 0.05) is 21.6 Å². The lowest BCUT2D eigenvalue weighted by Crippen LogP contribution is -2.38. The molecule has 0 aliphatic rings. The van der Waals surface area contributed by atoms with E-state index >= 15 is 0 Å². The minimum atomic E-state index is 0.177. The highest BCUT2D eigenvalue weighted by Crippen LogP contribution is 2.22. The third kappa shape index (κ3) is 4.44. The normalized spacial score (nSPS) is 11.8. The van der Waals surface area contributed by atoms with E-state index in [1.807, 2.05) is 18.2 Å². The summed E-state index contributed by atoms with van der Waals surface area (Å²) in [6.07, 6.45) is 2.36. The molecule has 0 saturated heterocycles. The van der Waals surface area contributed by atoms with Gasteiger partial charge >= 0.3 is 0 Å². The van der Waals surface area contributed by atoms with E-state index in [-0.39, 0.29) is 5.54 Å². The van der Waals surface area contributed by atoms with Crippen LogP contribution in [-0.4, -0.2) is 5.54 Å². The third-order valence-electron chi connectivity index (χ3n) is 2.64. The minimum Gasteiger partial charge on any atom is -0.308 e. The SMILES string of the molecule is CCCC(C)(C)NCc1cc(Cl)ccc1Br. The zero-order valence-corrected chi connectivity index (χ0v) is 12.5. The highest BCUT2D eigenvalue weighted by molar-refractivity contribution is 9.10. The molecule has 1 aromatic rings. The molecule has 0 unspecified atom stereocenters. The van der Waals surface area contributed by atoms with Crippen LogP contribution < -0.4 is 5.32 Å². The predicted molar refractivity (Wildman–Crippen MR) is 75.0 cm³/mol. The van der Waals surface area contributed by atoms with E-state index in [9.17, 15) is 0 Å². The molecule has 1 aromatic carbocycles. The maximum absolute atomic E-state index is 5.98. The molecule has 0 saturated carbocycles. The van der Waals surface area contributed by atoms with Crippen LogP contribution in [0, 0.1) is 0 Å². The third-order valence-corrected chi connectivity index (χ3v) is 3.65. The number of benzene rings is 1. The Bertz CT molecular complexity index is 350. The molecule has 0 amide bonds. The van der Waals surface area contributed by atoms with Crippen LogP contribution in [0.25, 0.3) is 0 Å². The highest BCUT2D eigenvalue weighted by Gasteiger charge is 2.15. The Labute approximate surface area is 112 Å². The van der Waals surface area contributed by atoms with Crippen molar-refractivity contribution in [1.29, 1.82) is 0 Å². The number of rotatable bonds is 5. The topological polar surface area (TPSA) is 12.0 Å². The molecule has 1 N–H and O–H groups in total. The average Bonchev–Trinajstić information content (AvgIpc) is 2.19. The number of hydrogen-bond donors (Lipinski definition) is 1. The van der Waals surface area contributed by atoms with Crippen molar-refractivity contribution >= 4 is 27.5 Å². The largest absolute Gasteiger partial charge is 0.308 e. The predicted octanol–water partition coefficient (Wildman–Crippen LogP) is 4.77. The van der Waals surface area contributed by atoms with E-state index in [0.29, 0.717) is 0 Å². The van der Waals surface area contributed by atoms with Crippen molar-refractivity contribution in [3.05, 3.63) is 33.3 Å². The Kier molecular flexibility index (Phi) is 5.29. The summed E-state index contributed by atoms with van der Waals surface area (Å²) in [4.78, 5) is 0. The fraction of sp³-hybridized carbons (Fsp3) is 0.538. The average molecular weight is 305 g/mol. The smallest absolute Gasteiger partial charge is 0.0410 e. The molecule has 0 atom stereocenters. The van der Waals surface area contributed by atoms with Gasteiger partial charge in [-0.05, 0) is 44.0 Å². The molecule has 0 fully saturated rings. The molecule has 0 aromatic heterocycles. The minimum absolute atomic E-state index is 0.177. The van der Waals surface area contributed by atoms with Crippen molar-refractivity contribution in [3.8, 4) is 0 Å². The second kappa shape index (κ2) is 6.04. The first kappa shape index (κ1) is 14.0. The van der Waals surface area contributed by atoms with E-state index in [0.717, 1.165) is 16.0 Å². The summed E-state index contributed by atoms with van der Waals surface area (Å²) in [6, 6.07) is 5.89. The van der Waals surface area contributed by atoms with Gasteiger partial charge in [-0.1, -0.05) is 40.9 Å². The fourth-order valence-corrected chi connectivity index (χ4v) is 2.31. The first-order valence-corrected chi connectivity index (χ1v) is 6.80. The molecular formula is C13H19BrClN. The molecular weight excluding hydrogens is 286 g/mol. The lowest BCUT2D eigenvalue weighted by molar-refractivity contribution is 0.356. The first-order chi connectivity index (χ1) is 7.44. The van der Waals surface area contributed by atoms with E-state index in [1.165, 1.54) is 18.4 Å². The van der Waals surface area contributed by atoms with Crippen molar-refractivity contribution in [2.75, 3.05) is 0 Å². The Morgan fingerprint density at radius 2 is 2.06 bits per heavy atom. The van der Waals surface area contributed by atoms with Crippen LogP contribution in [0.2, 0.25) is 5.02 Å². The van der Waals surface area contributed by atoms with Gasteiger partial charge in [-0.2, -0.15) is 0 Å². The zero-order chi connectivity index (χ0) is 12.2. The summed E-state index contributed by atoms with van der Waals surface area (Å²) in [5.74, 6) is 0. The Morgan fingerprint density at radius 1 is 1.38 bits per heavy atom. The van der Waals surface area contributed by atoms with Gasteiger partial charge in [0.05, 0.1) is 0 Å². The summed E-state index contributed by atoms with van der Waals surface area (Å²) in [5, 5.41) is 4.34. The van der Waals surface area contributed by atoms with Crippen LogP contribution in [0.1, 0.15) is 39.2 Å². The van der Waals surface area contributed by atoms with Gasteiger partial charge in [0.1, 0.15) is 0 Å². The van der Waals surface area contributed by atoms with Crippen molar-refractivity contribution in [1.82, 2.24) is 5.32 Å². The van der Waals surface area contributed by atoms with Gasteiger partial charge in [-0.25, -0.2) is 0 Å². The number of halogens is 2. The molecule has 3 heteroatoms. The quantitative estimate of drug-likeness (QED) is 0.826. The standard InChI is InChI=1S/C13H19BrClN/c1-4-7-13(2,3)16-9-10-8-11(15)5-6-12(10)14/h5-6,8,16H,4,7,9H2,1-3H3. The maximum Gasteiger partial charge on any atom is 0.0410 e. The molecule has 1 nitrogen and oxygen atoms in total. The summed E-state index contributed by atoms with van der Waals surface area (Å²) < 4.78 is 1.11. The van der Waals surface area contributed by atoms with Crippen LogP contribution in [0.3, 0.4) is 0 Å². The number of hydrogen-bond acceptors (Lipinski definition) is 1. The lowest BCUT2D eigenvalue weighted by Gasteiger charge is -2.26. The molecule has 0 aliphatic carbocycles. The summed E-state index contributed by atoms with van der Waals surface area (Å²) in [7, 11) is 0. The maximum atomic E-state index is 5.98. The molecule has 0 heterocycles. The first-order valence-electron chi connectivity index (χ1n) is 5.63. The van der Waals surface area contributed by atoms with Gasteiger partial charge < -0.3 is 5.32 Å². The van der Waals surface area contributed by atoms with Gasteiger partial charge in [-0.15, -0.1) is 0 Å². The van der Waals surface area contributed by atoms with E-state index in [1.54, 1.807) is 0 Å². The second-order valence-electron chi connectivity index (χ2n) is 4.72. The monoisotopic (exact) mass is 303 g/mol. The van der Waals surface area contributed by atoms with Crippen molar-refractivity contribution in [2.24, 2.45) is 0 Å². The molecule has 16 heavy (non-hydrogen) atoms. The number of nitrogens with one attached hydrogen (secondary N) is 1. The molecule has 0 radical (unpaired) electrons. The molecule has 0 spiro atoms. The van der Waals surface area contributed by atoms with Gasteiger partial charge in [0.25, 0.3) is 0 Å². The van der Waals surface area contributed by atoms with Crippen LogP contribution in [0.5, 0.6) is 0 Å². The van der Waals surface area contributed by atoms with E-state index in [4.69, 9.17) is 11.6 Å². The van der Waals surface area contributed by atoms with E-state index in [2.05, 4.69) is 42.0 Å². The fourth-order valence-electron chi connectivity index (χ4n) is 1.73. The summed E-state index contributed by atoms with van der Waals surface area (Å²) >= 11 is 9.52. The molecule has 90 valence electrons. The Balaban J connectivity index is 2.63. The van der Waals surface area contributed by atoms with Crippen LogP contribution in [0.4, 0.5) is 0 Å². The lowest BCUT2D eigenvalue weighted by atomic mass is 9.98. The van der Waals surface area contributed by atoms with Crippen LogP contribution in [-0.2, 0) is 6.54 Å². The van der Waals surface area contributed by atoms with Gasteiger partial charge in [0.15, 0.2) is 0 Å². The summed E-state index contributed by atoms with van der Waals surface area (Å²) in [5.41, 5.74) is 1.38. The molecule has 1 rings (SSSR count). The van der Waals surface area contributed by atoms with Crippen LogP contribution in [0.15, 0.2) is 22.7 Å². The van der Waals surface area contributed by atoms with Crippen molar-refractivity contribution in [3.63, 3.8) is 0 Å². The van der Waals surface area contributed by atoms with Gasteiger partial charge in [0.2, 0.25) is 0 Å². The van der Waals surface area contributed by atoms with Crippen molar-refractivity contribution in [2.45, 2.75) is 45.7 Å². The van der Waals surface area contributed by atoms with Crippen LogP contribution >= 0.6 is 27.5 Å². The highest BCUT2D eigenvalue weighted by atomic mass is 79.9. The van der Waals surface area contributed by atoms with Gasteiger partial charge in [-0.3, -0.25) is 0 Å². The van der Waals surface area contributed by atoms with E-state index < -0.39 is 0 Å².